The highest BCUT2D eigenvalue weighted by Gasteiger charge is 2.13. The summed E-state index contributed by atoms with van der Waals surface area (Å²) in [6.45, 7) is 0.542. The number of nitrogen functional groups attached to an aromatic ring is 1. The number of aromatic amines is 1. The zero-order valence-corrected chi connectivity index (χ0v) is 19.9. The van der Waals surface area contributed by atoms with Gasteiger partial charge in [0, 0.05) is 29.8 Å². The summed E-state index contributed by atoms with van der Waals surface area (Å²) in [5.41, 5.74) is 9.11. The van der Waals surface area contributed by atoms with Crippen LogP contribution in [0.3, 0.4) is 0 Å². The van der Waals surface area contributed by atoms with E-state index in [9.17, 15) is 9.59 Å². The molecule has 0 unspecified atom stereocenters. The Hall–Kier alpha value is -5.05. The molecule has 0 saturated carbocycles. The molecule has 0 aliphatic carbocycles. The predicted octanol–water partition coefficient (Wildman–Crippen LogP) is 4.39. The number of rotatable bonds is 9. The summed E-state index contributed by atoms with van der Waals surface area (Å²) in [5.74, 6) is 1.10. The first-order chi connectivity index (χ1) is 18.0. The Bertz CT molecular complexity index is 1520. The number of nitrogens with zero attached hydrogens (tertiary/aromatic N) is 1. The minimum Gasteiger partial charge on any atom is -0.492 e. The highest BCUT2D eigenvalue weighted by molar-refractivity contribution is 6.05. The third kappa shape index (κ3) is 5.79. The van der Waals surface area contributed by atoms with Crippen molar-refractivity contribution < 1.29 is 18.7 Å². The van der Waals surface area contributed by atoms with E-state index in [0.29, 0.717) is 34.7 Å². The number of carbonyl (C=O) groups is 2. The van der Waals surface area contributed by atoms with Crippen molar-refractivity contribution in [3.63, 3.8) is 0 Å². The molecule has 9 nitrogen and oxygen atoms in total. The lowest BCUT2D eigenvalue weighted by molar-refractivity contribution is 0.0921. The van der Waals surface area contributed by atoms with Crippen LogP contribution in [0.5, 0.6) is 5.75 Å². The molecular weight excluding hydrogens is 470 g/mol. The van der Waals surface area contributed by atoms with Crippen molar-refractivity contribution in [2.45, 2.75) is 6.42 Å². The summed E-state index contributed by atoms with van der Waals surface area (Å²) < 4.78 is 11.4. The van der Waals surface area contributed by atoms with Gasteiger partial charge in [-0.1, -0.05) is 18.2 Å². The van der Waals surface area contributed by atoms with Crippen LogP contribution in [0.15, 0.2) is 89.6 Å². The Morgan fingerprint density at radius 2 is 1.84 bits per heavy atom. The van der Waals surface area contributed by atoms with Crippen LogP contribution < -0.4 is 21.1 Å². The number of aromatic nitrogens is 2. The van der Waals surface area contributed by atoms with E-state index in [1.165, 1.54) is 0 Å². The van der Waals surface area contributed by atoms with Crippen molar-refractivity contribution in [1.82, 2.24) is 15.3 Å². The molecule has 5 aromatic rings. The monoisotopic (exact) mass is 495 g/mol. The van der Waals surface area contributed by atoms with Gasteiger partial charge in [0.15, 0.2) is 5.76 Å². The molecule has 2 amide bonds. The number of nitrogens with two attached hydrogens (primary N) is 1. The van der Waals surface area contributed by atoms with Crippen molar-refractivity contribution in [2.75, 3.05) is 24.2 Å². The first-order valence-electron chi connectivity index (χ1n) is 11.7. The molecule has 0 bridgehead atoms. The van der Waals surface area contributed by atoms with E-state index < -0.39 is 0 Å². The standard InChI is InChI=1S/C28H25N5O4/c29-22-3-1-2-4-23(22)33-27(34)19-6-8-21(9-7-19)36-14-13-32-28(35)25-17-20-15-18(5-10-24(20)37-25)16-26-30-11-12-31-26/h1-12,15,17H,13-14,16,29H2,(H,30,31)(H,32,35)(H,33,34). The van der Waals surface area contributed by atoms with Gasteiger partial charge in [0.25, 0.3) is 11.8 Å². The third-order valence-corrected chi connectivity index (χ3v) is 5.71. The zero-order chi connectivity index (χ0) is 25.6. The largest absolute Gasteiger partial charge is 0.492 e. The van der Waals surface area contributed by atoms with Crippen molar-refractivity contribution in [3.8, 4) is 5.75 Å². The Labute approximate surface area is 212 Å². The maximum absolute atomic E-state index is 12.5. The number of nitrogens with one attached hydrogen (secondary N) is 3. The molecule has 0 aliphatic heterocycles. The Morgan fingerprint density at radius 3 is 2.62 bits per heavy atom. The molecule has 5 N–H and O–H groups in total. The van der Waals surface area contributed by atoms with Crippen LogP contribution in [0.4, 0.5) is 11.4 Å². The van der Waals surface area contributed by atoms with E-state index in [1.807, 2.05) is 18.2 Å². The van der Waals surface area contributed by atoms with Gasteiger partial charge in [-0.15, -0.1) is 0 Å². The molecule has 9 heteroatoms. The average Bonchev–Trinajstić information content (AvgIpc) is 3.58. The number of para-hydroxylation sites is 2. The Balaban J connectivity index is 1.10. The topological polar surface area (TPSA) is 135 Å². The first kappa shape index (κ1) is 23.7. The fraction of sp³-hybridized carbons (Fsp3) is 0.107. The summed E-state index contributed by atoms with van der Waals surface area (Å²) in [4.78, 5) is 32.3. The lowest BCUT2D eigenvalue weighted by Crippen LogP contribution is -2.27. The molecule has 0 aliphatic rings. The number of ether oxygens (including phenoxy) is 1. The third-order valence-electron chi connectivity index (χ3n) is 5.71. The normalized spacial score (nSPS) is 10.8. The molecule has 0 atom stereocenters. The van der Waals surface area contributed by atoms with E-state index in [1.54, 1.807) is 67.0 Å². The highest BCUT2D eigenvalue weighted by atomic mass is 16.5. The van der Waals surface area contributed by atoms with Gasteiger partial charge in [-0.2, -0.15) is 0 Å². The van der Waals surface area contributed by atoms with Crippen molar-refractivity contribution in [2.24, 2.45) is 0 Å². The molecule has 186 valence electrons. The Kier molecular flexibility index (Phi) is 6.84. The number of amides is 2. The van der Waals surface area contributed by atoms with E-state index in [4.69, 9.17) is 14.9 Å². The molecule has 2 aromatic heterocycles. The SMILES string of the molecule is Nc1ccccc1NC(=O)c1ccc(OCCNC(=O)c2cc3cc(Cc4ncc[nH]4)ccc3o2)cc1. The number of anilines is 2. The van der Waals surface area contributed by atoms with Gasteiger partial charge in [-0.25, -0.2) is 4.98 Å². The second kappa shape index (κ2) is 10.7. The van der Waals surface area contributed by atoms with Crippen molar-refractivity contribution in [3.05, 3.63) is 108 Å². The molecule has 0 fully saturated rings. The quantitative estimate of drug-likeness (QED) is 0.177. The summed E-state index contributed by atoms with van der Waals surface area (Å²) >= 11 is 0. The first-order valence-corrected chi connectivity index (χ1v) is 11.7. The Morgan fingerprint density at radius 1 is 1.00 bits per heavy atom. The minimum atomic E-state index is -0.320. The number of imidazole rings is 1. The maximum atomic E-state index is 12.5. The number of carbonyl (C=O) groups excluding carboxylic acids is 2. The van der Waals surface area contributed by atoms with Crippen LogP contribution in [0.2, 0.25) is 0 Å². The second-order valence-electron chi connectivity index (χ2n) is 8.37. The van der Waals surface area contributed by atoms with Crippen LogP contribution in [0, 0.1) is 0 Å². The molecule has 2 heterocycles. The van der Waals surface area contributed by atoms with Gasteiger partial charge in [0.1, 0.15) is 23.8 Å². The minimum absolute atomic E-state index is 0.236. The van der Waals surface area contributed by atoms with Gasteiger partial charge in [0.2, 0.25) is 0 Å². The van der Waals surface area contributed by atoms with E-state index in [-0.39, 0.29) is 30.7 Å². The van der Waals surface area contributed by atoms with Gasteiger partial charge in [-0.3, -0.25) is 9.59 Å². The molecule has 0 saturated heterocycles. The summed E-state index contributed by atoms with van der Waals surface area (Å²) in [6.07, 6.45) is 4.17. The van der Waals surface area contributed by atoms with Crippen molar-refractivity contribution in [1.29, 1.82) is 0 Å². The van der Waals surface area contributed by atoms with Crippen LogP contribution in [0.25, 0.3) is 11.0 Å². The lowest BCUT2D eigenvalue weighted by atomic mass is 10.1. The number of benzene rings is 3. The highest BCUT2D eigenvalue weighted by Crippen LogP contribution is 2.22. The summed E-state index contributed by atoms with van der Waals surface area (Å²) in [6, 6.07) is 21.3. The summed E-state index contributed by atoms with van der Waals surface area (Å²) in [7, 11) is 0. The molecule has 37 heavy (non-hydrogen) atoms. The van der Waals surface area contributed by atoms with Gasteiger partial charge < -0.3 is 30.5 Å². The zero-order valence-electron chi connectivity index (χ0n) is 19.9. The molecular formula is C28H25N5O4. The van der Waals surface area contributed by atoms with Crippen LogP contribution >= 0.6 is 0 Å². The van der Waals surface area contributed by atoms with Crippen LogP contribution in [-0.4, -0.2) is 34.9 Å². The van der Waals surface area contributed by atoms with Gasteiger partial charge in [0.05, 0.1) is 17.9 Å². The lowest BCUT2D eigenvalue weighted by Gasteiger charge is -2.09. The number of H-pyrrole nitrogens is 1. The van der Waals surface area contributed by atoms with E-state index in [2.05, 4.69) is 20.6 Å². The van der Waals surface area contributed by atoms with Crippen LogP contribution in [0.1, 0.15) is 32.3 Å². The molecule has 3 aromatic carbocycles. The fourth-order valence-electron chi connectivity index (χ4n) is 3.83. The number of fused-ring (bicyclic) bond motifs is 1. The molecule has 5 rings (SSSR count). The van der Waals surface area contributed by atoms with E-state index >= 15 is 0 Å². The van der Waals surface area contributed by atoms with Crippen molar-refractivity contribution >= 4 is 34.2 Å². The smallest absolute Gasteiger partial charge is 0.287 e. The van der Waals surface area contributed by atoms with Gasteiger partial charge in [-0.05, 0) is 60.2 Å². The number of hydrogen-bond acceptors (Lipinski definition) is 6. The summed E-state index contributed by atoms with van der Waals surface area (Å²) in [5, 5.41) is 6.43. The number of hydrogen-bond donors (Lipinski definition) is 4. The predicted molar refractivity (Wildman–Crippen MR) is 141 cm³/mol. The van der Waals surface area contributed by atoms with E-state index in [0.717, 1.165) is 16.8 Å². The second-order valence-corrected chi connectivity index (χ2v) is 8.37. The average molecular weight is 496 g/mol. The van der Waals surface area contributed by atoms with Crippen LogP contribution in [-0.2, 0) is 6.42 Å². The van der Waals surface area contributed by atoms with Gasteiger partial charge >= 0.3 is 0 Å². The molecule has 0 radical (unpaired) electrons. The fourth-order valence-corrected chi connectivity index (χ4v) is 3.83. The molecule has 0 spiro atoms. The maximum Gasteiger partial charge on any atom is 0.287 e. The number of furan rings is 1.